The second-order valence-corrected chi connectivity index (χ2v) is 7.06. The molecule has 16 heavy (non-hydrogen) atoms. The van der Waals surface area contributed by atoms with Crippen LogP contribution in [0.15, 0.2) is 0 Å². The van der Waals surface area contributed by atoms with Gasteiger partial charge in [0.1, 0.15) is 0 Å². The van der Waals surface area contributed by atoms with Gasteiger partial charge in [-0.3, -0.25) is 9.11 Å². The SMILES string of the molecule is CC(C)N1CCC(NC2CCS(=O)CC2)C1. The topological polar surface area (TPSA) is 32.3 Å². The molecule has 2 aliphatic heterocycles. The molecular weight excluding hydrogens is 220 g/mol. The highest BCUT2D eigenvalue weighted by Crippen LogP contribution is 2.16. The average Bonchev–Trinajstić information content (AvgIpc) is 2.70. The maximum Gasteiger partial charge on any atom is 0.0249 e. The van der Waals surface area contributed by atoms with Crippen molar-refractivity contribution in [2.75, 3.05) is 24.6 Å². The van der Waals surface area contributed by atoms with Crippen LogP contribution in [-0.2, 0) is 10.8 Å². The molecule has 2 aliphatic rings. The van der Waals surface area contributed by atoms with Crippen molar-refractivity contribution in [3.8, 4) is 0 Å². The van der Waals surface area contributed by atoms with Gasteiger partial charge in [0.25, 0.3) is 0 Å². The van der Waals surface area contributed by atoms with Crippen LogP contribution in [0.1, 0.15) is 33.1 Å². The predicted octanol–water partition coefficient (Wildman–Crippen LogP) is 0.970. The van der Waals surface area contributed by atoms with E-state index in [9.17, 15) is 4.21 Å². The molecule has 0 radical (unpaired) electrons. The number of likely N-dealkylation sites (tertiary alicyclic amines) is 1. The molecular formula is C12H24N2OS. The van der Waals surface area contributed by atoms with Gasteiger partial charge >= 0.3 is 0 Å². The fourth-order valence-corrected chi connectivity index (χ4v) is 3.99. The molecule has 0 bridgehead atoms. The van der Waals surface area contributed by atoms with Gasteiger partial charge in [0.2, 0.25) is 0 Å². The molecule has 1 N–H and O–H groups in total. The lowest BCUT2D eigenvalue weighted by Crippen LogP contribution is -2.43. The van der Waals surface area contributed by atoms with Gasteiger partial charge in [-0.25, -0.2) is 0 Å². The molecule has 0 saturated carbocycles. The van der Waals surface area contributed by atoms with Crippen molar-refractivity contribution < 1.29 is 4.21 Å². The molecule has 2 saturated heterocycles. The van der Waals surface area contributed by atoms with Crippen LogP contribution in [-0.4, -0.2) is 51.8 Å². The highest BCUT2D eigenvalue weighted by molar-refractivity contribution is 7.85. The molecule has 1 atom stereocenters. The van der Waals surface area contributed by atoms with Crippen LogP contribution < -0.4 is 5.32 Å². The molecule has 0 aromatic heterocycles. The summed E-state index contributed by atoms with van der Waals surface area (Å²) in [6.07, 6.45) is 3.48. The van der Waals surface area contributed by atoms with Crippen molar-refractivity contribution in [2.45, 2.75) is 51.2 Å². The summed E-state index contributed by atoms with van der Waals surface area (Å²) in [7, 11) is -0.529. The van der Waals surface area contributed by atoms with E-state index in [2.05, 4.69) is 24.1 Å². The summed E-state index contributed by atoms with van der Waals surface area (Å²) in [5.74, 6) is 1.80. The van der Waals surface area contributed by atoms with Gasteiger partial charge < -0.3 is 5.32 Å². The molecule has 94 valence electrons. The molecule has 1 unspecified atom stereocenters. The van der Waals surface area contributed by atoms with Crippen molar-refractivity contribution >= 4 is 10.8 Å². The van der Waals surface area contributed by atoms with E-state index in [1.807, 2.05) is 0 Å². The van der Waals surface area contributed by atoms with Crippen LogP contribution in [0.2, 0.25) is 0 Å². The summed E-state index contributed by atoms with van der Waals surface area (Å²) < 4.78 is 11.3. The molecule has 4 heteroatoms. The summed E-state index contributed by atoms with van der Waals surface area (Å²) in [5.41, 5.74) is 0. The van der Waals surface area contributed by atoms with Crippen LogP contribution >= 0.6 is 0 Å². The standard InChI is InChI=1S/C12H24N2OS/c1-10(2)14-6-3-12(9-14)13-11-4-7-16(15)8-5-11/h10-13H,3-9H2,1-2H3. The fourth-order valence-electron chi connectivity index (χ4n) is 2.69. The van der Waals surface area contributed by atoms with E-state index in [1.54, 1.807) is 0 Å². The summed E-state index contributed by atoms with van der Waals surface area (Å²) in [4.78, 5) is 2.54. The van der Waals surface area contributed by atoms with Gasteiger partial charge in [0.15, 0.2) is 0 Å². The second kappa shape index (κ2) is 5.61. The van der Waals surface area contributed by atoms with Crippen molar-refractivity contribution in [3.05, 3.63) is 0 Å². The van der Waals surface area contributed by atoms with Crippen LogP contribution in [0.25, 0.3) is 0 Å². The predicted molar refractivity (Wildman–Crippen MR) is 69.1 cm³/mol. The first kappa shape index (κ1) is 12.5. The second-order valence-electron chi connectivity index (χ2n) is 5.36. The first-order valence-electron chi connectivity index (χ1n) is 6.50. The molecule has 0 spiro atoms. The number of nitrogens with zero attached hydrogens (tertiary/aromatic N) is 1. The molecule has 0 aromatic rings. The van der Waals surface area contributed by atoms with Gasteiger partial charge in [-0.05, 0) is 39.7 Å². The zero-order valence-corrected chi connectivity index (χ0v) is 11.3. The third kappa shape index (κ3) is 3.28. The molecule has 2 rings (SSSR count). The van der Waals surface area contributed by atoms with E-state index in [-0.39, 0.29) is 0 Å². The summed E-state index contributed by atoms with van der Waals surface area (Å²) in [5, 5.41) is 3.75. The Kier molecular flexibility index (Phi) is 4.39. The number of nitrogens with one attached hydrogen (secondary N) is 1. The van der Waals surface area contributed by atoms with Crippen LogP contribution in [0.3, 0.4) is 0 Å². The Morgan fingerprint density at radius 1 is 1.19 bits per heavy atom. The van der Waals surface area contributed by atoms with Crippen LogP contribution in [0.4, 0.5) is 0 Å². The van der Waals surface area contributed by atoms with Gasteiger partial charge in [-0.15, -0.1) is 0 Å². The molecule has 0 amide bonds. The van der Waals surface area contributed by atoms with E-state index in [4.69, 9.17) is 0 Å². The summed E-state index contributed by atoms with van der Waals surface area (Å²) in [6, 6.07) is 1.96. The third-order valence-corrected chi connectivity index (χ3v) is 5.19. The zero-order valence-electron chi connectivity index (χ0n) is 10.4. The summed E-state index contributed by atoms with van der Waals surface area (Å²) >= 11 is 0. The quantitative estimate of drug-likeness (QED) is 0.803. The lowest BCUT2D eigenvalue weighted by atomic mass is 10.1. The Morgan fingerprint density at radius 2 is 1.88 bits per heavy atom. The van der Waals surface area contributed by atoms with E-state index in [0.717, 1.165) is 24.3 Å². The molecule has 3 nitrogen and oxygen atoms in total. The maximum atomic E-state index is 11.3. The van der Waals surface area contributed by atoms with Gasteiger partial charge in [0.05, 0.1) is 0 Å². The van der Waals surface area contributed by atoms with E-state index in [1.165, 1.54) is 19.5 Å². The Labute approximate surface area is 101 Å². The van der Waals surface area contributed by atoms with Crippen LogP contribution in [0.5, 0.6) is 0 Å². The van der Waals surface area contributed by atoms with E-state index >= 15 is 0 Å². The highest BCUT2D eigenvalue weighted by atomic mass is 32.2. The monoisotopic (exact) mass is 244 g/mol. The smallest absolute Gasteiger partial charge is 0.0249 e. The highest BCUT2D eigenvalue weighted by Gasteiger charge is 2.27. The van der Waals surface area contributed by atoms with E-state index in [0.29, 0.717) is 18.1 Å². The number of rotatable bonds is 3. The van der Waals surface area contributed by atoms with Crippen molar-refractivity contribution in [2.24, 2.45) is 0 Å². The zero-order chi connectivity index (χ0) is 11.5. The minimum Gasteiger partial charge on any atom is -0.310 e. The lowest BCUT2D eigenvalue weighted by molar-refractivity contribution is 0.264. The number of hydrogen-bond donors (Lipinski definition) is 1. The fraction of sp³-hybridized carbons (Fsp3) is 1.00. The van der Waals surface area contributed by atoms with E-state index < -0.39 is 10.8 Å². The minimum atomic E-state index is -0.529. The van der Waals surface area contributed by atoms with Gasteiger partial charge in [-0.1, -0.05) is 0 Å². The molecule has 2 heterocycles. The Morgan fingerprint density at radius 3 is 2.44 bits per heavy atom. The largest absolute Gasteiger partial charge is 0.310 e. The van der Waals surface area contributed by atoms with Gasteiger partial charge in [0, 0.05) is 47.0 Å². The van der Waals surface area contributed by atoms with Crippen molar-refractivity contribution in [1.82, 2.24) is 10.2 Å². The molecule has 2 fully saturated rings. The normalized spacial score (nSPS) is 37.1. The first-order valence-corrected chi connectivity index (χ1v) is 7.99. The van der Waals surface area contributed by atoms with Gasteiger partial charge in [-0.2, -0.15) is 0 Å². The van der Waals surface area contributed by atoms with Crippen molar-refractivity contribution in [1.29, 1.82) is 0 Å². The Balaban J connectivity index is 1.72. The minimum absolute atomic E-state index is 0.529. The average molecular weight is 244 g/mol. The number of hydrogen-bond acceptors (Lipinski definition) is 3. The lowest BCUT2D eigenvalue weighted by Gasteiger charge is -2.27. The van der Waals surface area contributed by atoms with Crippen molar-refractivity contribution in [3.63, 3.8) is 0 Å². The summed E-state index contributed by atoms with van der Waals surface area (Å²) in [6.45, 7) is 6.96. The first-order chi connectivity index (χ1) is 7.65. The maximum absolute atomic E-state index is 11.3. The third-order valence-electron chi connectivity index (χ3n) is 3.81. The molecule has 0 aromatic carbocycles. The Hall–Kier alpha value is 0.0700. The van der Waals surface area contributed by atoms with Crippen LogP contribution in [0, 0.1) is 0 Å². The Bertz CT molecular complexity index is 247. The molecule has 0 aliphatic carbocycles.